The summed E-state index contributed by atoms with van der Waals surface area (Å²) in [5.41, 5.74) is 2.78. The first-order valence-corrected chi connectivity index (χ1v) is 8.83. The molecule has 1 N–H and O–H groups in total. The van der Waals surface area contributed by atoms with E-state index in [0.29, 0.717) is 11.0 Å². The summed E-state index contributed by atoms with van der Waals surface area (Å²) in [6.45, 7) is 0. The molecule has 0 atom stereocenters. The van der Waals surface area contributed by atoms with E-state index in [1.807, 2.05) is 29.0 Å². The lowest BCUT2D eigenvalue weighted by molar-refractivity contribution is 0.102. The molecule has 3 aromatic heterocycles. The largest absolute Gasteiger partial charge is 0.297 e. The van der Waals surface area contributed by atoms with Crippen LogP contribution < -0.4 is 5.32 Å². The minimum Gasteiger partial charge on any atom is -0.297 e. The third-order valence-electron chi connectivity index (χ3n) is 3.57. The molecule has 4 nitrogen and oxygen atoms in total. The van der Waals surface area contributed by atoms with Gasteiger partial charge in [0.05, 0.1) is 10.6 Å². The quantitative estimate of drug-likeness (QED) is 0.773. The normalized spacial score (nSPS) is 14.0. The van der Waals surface area contributed by atoms with Gasteiger partial charge in [-0.15, -0.1) is 22.7 Å². The Morgan fingerprint density at radius 3 is 2.86 bits per heavy atom. The van der Waals surface area contributed by atoms with E-state index in [1.54, 1.807) is 6.20 Å². The van der Waals surface area contributed by atoms with Gasteiger partial charge in [0.15, 0.2) is 5.13 Å². The van der Waals surface area contributed by atoms with Crippen molar-refractivity contribution in [1.82, 2.24) is 9.97 Å². The van der Waals surface area contributed by atoms with E-state index in [2.05, 4.69) is 21.4 Å². The number of carbonyl (C=O) groups excluding carboxylic acids is 1. The standard InChI is InChI=1S/C16H13N3OS2/c20-15(14-11(6-8-21-14)10-4-5-10)19-16-18-13(9-22-16)12-3-1-2-7-17-12/h1-3,6-10H,4-5H2,(H,18,19,20). The first-order valence-electron chi connectivity index (χ1n) is 7.07. The molecular weight excluding hydrogens is 314 g/mol. The van der Waals surface area contributed by atoms with E-state index in [0.717, 1.165) is 16.3 Å². The molecule has 22 heavy (non-hydrogen) atoms. The van der Waals surface area contributed by atoms with Gasteiger partial charge in [0, 0.05) is 11.6 Å². The average molecular weight is 327 g/mol. The fourth-order valence-electron chi connectivity index (χ4n) is 2.34. The maximum atomic E-state index is 12.4. The number of anilines is 1. The monoisotopic (exact) mass is 327 g/mol. The van der Waals surface area contributed by atoms with Crippen molar-refractivity contribution in [1.29, 1.82) is 0 Å². The molecule has 0 radical (unpaired) electrons. The summed E-state index contributed by atoms with van der Waals surface area (Å²) < 4.78 is 0. The highest BCUT2D eigenvalue weighted by atomic mass is 32.1. The second-order valence-electron chi connectivity index (χ2n) is 5.19. The molecule has 4 rings (SSSR count). The lowest BCUT2D eigenvalue weighted by Gasteiger charge is -2.02. The minimum atomic E-state index is -0.0566. The zero-order chi connectivity index (χ0) is 14.9. The van der Waals surface area contributed by atoms with Crippen LogP contribution in [0.1, 0.15) is 34.0 Å². The number of rotatable bonds is 4. The molecule has 1 aliphatic carbocycles. The summed E-state index contributed by atoms with van der Waals surface area (Å²) in [5, 5.41) is 7.42. The van der Waals surface area contributed by atoms with Gasteiger partial charge in [0.2, 0.25) is 0 Å². The van der Waals surface area contributed by atoms with Crippen molar-refractivity contribution in [3.05, 3.63) is 51.7 Å². The number of hydrogen-bond acceptors (Lipinski definition) is 5. The van der Waals surface area contributed by atoms with Crippen molar-refractivity contribution < 1.29 is 4.79 Å². The van der Waals surface area contributed by atoms with Crippen LogP contribution in [0.5, 0.6) is 0 Å². The van der Waals surface area contributed by atoms with Crippen molar-refractivity contribution in [3.63, 3.8) is 0 Å². The molecule has 3 aromatic rings. The molecule has 0 aliphatic heterocycles. The summed E-state index contributed by atoms with van der Waals surface area (Å²) in [4.78, 5) is 22.0. The third kappa shape index (κ3) is 2.67. The predicted molar refractivity (Wildman–Crippen MR) is 89.6 cm³/mol. The van der Waals surface area contributed by atoms with Gasteiger partial charge in [-0.2, -0.15) is 0 Å². The zero-order valence-electron chi connectivity index (χ0n) is 11.7. The smallest absolute Gasteiger partial charge is 0.267 e. The fourth-order valence-corrected chi connectivity index (χ4v) is 3.92. The molecule has 0 bridgehead atoms. The average Bonchev–Trinajstić information content (AvgIpc) is 3.09. The molecular formula is C16H13N3OS2. The van der Waals surface area contributed by atoms with Gasteiger partial charge in [-0.05, 0) is 47.9 Å². The van der Waals surface area contributed by atoms with Crippen LogP contribution in [0.25, 0.3) is 11.4 Å². The number of thiophene rings is 1. The Balaban J connectivity index is 1.53. The molecule has 110 valence electrons. The van der Waals surface area contributed by atoms with Gasteiger partial charge >= 0.3 is 0 Å². The van der Waals surface area contributed by atoms with Gasteiger partial charge in [0.25, 0.3) is 5.91 Å². The third-order valence-corrected chi connectivity index (χ3v) is 5.26. The number of pyridine rings is 1. The molecule has 6 heteroatoms. The minimum absolute atomic E-state index is 0.0566. The molecule has 0 saturated heterocycles. The molecule has 1 saturated carbocycles. The molecule has 1 fully saturated rings. The van der Waals surface area contributed by atoms with E-state index in [4.69, 9.17) is 0 Å². The number of nitrogens with one attached hydrogen (secondary N) is 1. The molecule has 0 unspecified atom stereocenters. The Bertz CT molecular complexity index is 806. The van der Waals surface area contributed by atoms with E-state index < -0.39 is 0 Å². The van der Waals surface area contributed by atoms with Crippen LogP contribution in [0.2, 0.25) is 0 Å². The van der Waals surface area contributed by atoms with E-state index in [9.17, 15) is 4.79 Å². The van der Waals surface area contributed by atoms with Crippen LogP contribution in [0, 0.1) is 0 Å². The number of thiazole rings is 1. The number of hydrogen-bond donors (Lipinski definition) is 1. The summed E-state index contributed by atoms with van der Waals surface area (Å²) in [6.07, 6.45) is 4.12. The van der Waals surface area contributed by atoms with Crippen LogP contribution in [0.15, 0.2) is 41.2 Å². The highest BCUT2D eigenvalue weighted by Gasteiger charge is 2.29. The van der Waals surface area contributed by atoms with Gasteiger partial charge in [0.1, 0.15) is 5.69 Å². The van der Waals surface area contributed by atoms with Gasteiger partial charge in [-0.1, -0.05) is 6.07 Å². The Kier molecular flexibility index (Phi) is 3.48. The summed E-state index contributed by atoms with van der Waals surface area (Å²) >= 11 is 2.92. The van der Waals surface area contributed by atoms with Gasteiger partial charge < -0.3 is 0 Å². The Morgan fingerprint density at radius 1 is 1.18 bits per heavy atom. The highest BCUT2D eigenvalue weighted by molar-refractivity contribution is 7.14. The lowest BCUT2D eigenvalue weighted by atomic mass is 10.1. The molecule has 0 aromatic carbocycles. The first-order chi connectivity index (χ1) is 10.8. The van der Waals surface area contributed by atoms with Gasteiger partial charge in [-0.3, -0.25) is 15.1 Å². The maximum Gasteiger partial charge on any atom is 0.267 e. The summed E-state index contributed by atoms with van der Waals surface area (Å²) in [5.74, 6) is 0.520. The van der Waals surface area contributed by atoms with Crippen LogP contribution in [0.3, 0.4) is 0 Å². The summed E-state index contributed by atoms with van der Waals surface area (Å²) in [6, 6.07) is 7.77. The molecule has 3 heterocycles. The Labute approximate surface area is 135 Å². The predicted octanol–water partition coefficient (Wildman–Crippen LogP) is 4.40. The Morgan fingerprint density at radius 2 is 2.09 bits per heavy atom. The highest BCUT2D eigenvalue weighted by Crippen LogP contribution is 2.43. The van der Waals surface area contributed by atoms with Crippen LogP contribution in [-0.4, -0.2) is 15.9 Å². The van der Waals surface area contributed by atoms with Crippen LogP contribution in [-0.2, 0) is 0 Å². The van der Waals surface area contributed by atoms with E-state index in [-0.39, 0.29) is 5.91 Å². The fraction of sp³-hybridized carbons (Fsp3) is 0.188. The van der Waals surface area contributed by atoms with Crippen molar-refractivity contribution in [3.8, 4) is 11.4 Å². The topological polar surface area (TPSA) is 54.9 Å². The lowest BCUT2D eigenvalue weighted by Crippen LogP contribution is -2.11. The number of aromatic nitrogens is 2. The van der Waals surface area contributed by atoms with Crippen molar-refractivity contribution in [2.75, 3.05) is 5.32 Å². The van der Waals surface area contributed by atoms with Gasteiger partial charge in [-0.25, -0.2) is 4.98 Å². The van der Waals surface area contributed by atoms with Crippen molar-refractivity contribution in [2.24, 2.45) is 0 Å². The number of carbonyl (C=O) groups is 1. The zero-order valence-corrected chi connectivity index (χ0v) is 13.3. The number of amides is 1. The molecule has 0 spiro atoms. The Hall–Kier alpha value is -2.05. The van der Waals surface area contributed by atoms with E-state index in [1.165, 1.54) is 41.1 Å². The summed E-state index contributed by atoms with van der Waals surface area (Å²) in [7, 11) is 0. The molecule has 1 aliphatic rings. The molecule has 1 amide bonds. The number of nitrogens with zero attached hydrogens (tertiary/aromatic N) is 2. The van der Waals surface area contributed by atoms with E-state index >= 15 is 0 Å². The second kappa shape index (κ2) is 5.62. The van der Waals surface area contributed by atoms with Crippen LogP contribution >= 0.6 is 22.7 Å². The van der Waals surface area contributed by atoms with Crippen molar-refractivity contribution in [2.45, 2.75) is 18.8 Å². The SMILES string of the molecule is O=C(Nc1nc(-c2ccccn2)cs1)c1sccc1C1CC1. The van der Waals surface area contributed by atoms with Crippen LogP contribution in [0.4, 0.5) is 5.13 Å². The maximum absolute atomic E-state index is 12.4. The second-order valence-corrected chi connectivity index (χ2v) is 6.96. The first kappa shape index (κ1) is 13.6. The van der Waals surface area contributed by atoms with Crippen molar-refractivity contribution >= 4 is 33.7 Å².